The molecule has 0 unspecified atom stereocenters. The minimum absolute atomic E-state index is 0.0944. The summed E-state index contributed by atoms with van der Waals surface area (Å²) in [5, 5.41) is 16.3. The summed E-state index contributed by atoms with van der Waals surface area (Å²) in [7, 11) is 3.60. The third-order valence-electron chi connectivity index (χ3n) is 1.79. The van der Waals surface area contributed by atoms with E-state index >= 15 is 0 Å². The summed E-state index contributed by atoms with van der Waals surface area (Å²) in [5.74, 6) is 0. The summed E-state index contributed by atoms with van der Waals surface area (Å²) in [6, 6.07) is 6.57. The van der Waals surface area contributed by atoms with Crippen molar-refractivity contribution >= 4 is 18.0 Å². The van der Waals surface area contributed by atoms with Crippen LogP contribution in [0, 0.1) is 10.1 Å². The highest BCUT2D eigenvalue weighted by molar-refractivity contribution is 5.79. The second kappa shape index (κ2) is 5.65. The zero-order valence-electron chi connectivity index (χ0n) is 9.20. The van der Waals surface area contributed by atoms with Crippen LogP contribution in [0.1, 0.15) is 5.56 Å². The number of para-hydroxylation sites is 1. The molecule has 0 saturated carbocycles. The number of hydrazone groups is 1. The van der Waals surface area contributed by atoms with E-state index in [2.05, 4.69) is 5.10 Å². The van der Waals surface area contributed by atoms with Gasteiger partial charge >= 0.3 is 0 Å². The smallest absolute Gasteiger partial charge is 0.276 e. The Morgan fingerprint density at radius 3 is 2.69 bits per heavy atom. The molecule has 0 aliphatic rings. The lowest BCUT2D eigenvalue weighted by Gasteiger charge is -2.00. The molecule has 0 atom stereocenters. The molecule has 0 radical (unpaired) electrons. The molecule has 0 spiro atoms. The van der Waals surface area contributed by atoms with E-state index in [4.69, 9.17) is 0 Å². The monoisotopic (exact) mass is 219 g/mol. The molecule has 0 aromatic heterocycles. The molecule has 0 aliphatic carbocycles. The van der Waals surface area contributed by atoms with Gasteiger partial charge in [0.2, 0.25) is 0 Å². The molecular formula is C11H13N3O2. The van der Waals surface area contributed by atoms with E-state index in [1.165, 1.54) is 6.07 Å². The standard InChI is InChI=1S/C11H13N3O2/c1-13(2)12-9-5-7-10-6-3-4-8-11(10)14(15)16/h3-9H,1-2H3. The predicted molar refractivity (Wildman–Crippen MR) is 64.3 cm³/mol. The van der Waals surface area contributed by atoms with Gasteiger partial charge in [0.1, 0.15) is 0 Å². The molecule has 0 aliphatic heterocycles. The first kappa shape index (κ1) is 11.9. The highest BCUT2D eigenvalue weighted by atomic mass is 16.6. The Morgan fingerprint density at radius 2 is 2.06 bits per heavy atom. The van der Waals surface area contributed by atoms with Crippen molar-refractivity contribution in [3.05, 3.63) is 46.0 Å². The van der Waals surface area contributed by atoms with E-state index < -0.39 is 4.92 Å². The highest BCUT2D eigenvalue weighted by Crippen LogP contribution is 2.18. The van der Waals surface area contributed by atoms with Crippen LogP contribution in [0.25, 0.3) is 6.08 Å². The Balaban J connectivity index is 2.85. The van der Waals surface area contributed by atoms with Crippen molar-refractivity contribution in [2.75, 3.05) is 14.1 Å². The van der Waals surface area contributed by atoms with E-state index in [0.29, 0.717) is 5.56 Å². The number of allylic oxidation sites excluding steroid dienone is 1. The second-order valence-corrected chi connectivity index (χ2v) is 3.29. The van der Waals surface area contributed by atoms with Crippen LogP contribution in [0.2, 0.25) is 0 Å². The van der Waals surface area contributed by atoms with Gasteiger partial charge in [0.15, 0.2) is 0 Å². The summed E-state index contributed by atoms with van der Waals surface area (Å²) >= 11 is 0. The molecule has 1 rings (SSSR count). The summed E-state index contributed by atoms with van der Waals surface area (Å²) in [5.41, 5.74) is 0.662. The van der Waals surface area contributed by atoms with E-state index in [-0.39, 0.29) is 5.69 Å². The maximum absolute atomic E-state index is 10.7. The SMILES string of the molecule is CN(C)N=CC=Cc1ccccc1[N+](=O)[O-]. The fourth-order valence-corrected chi connectivity index (χ4v) is 1.11. The van der Waals surface area contributed by atoms with Crippen molar-refractivity contribution in [1.29, 1.82) is 0 Å². The van der Waals surface area contributed by atoms with E-state index in [1.807, 2.05) is 0 Å². The third-order valence-corrected chi connectivity index (χ3v) is 1.79. The Hall–Kier alpha value is -2.17. The molecular weight excluding hydrogens is 206 g/mol. The maximum Gasteiger partial charge on any atom is 0.276 e. The Morgan fingerprint density at radius 1 is 1.38 bits per heavy atom. The average Bonchev–Trinajstić information content (AvgIpc) is 2.24. The second-order valence-electron chi connectivity index (χ2n) is 3.29. The van der Waals surface area contributed by atoms with Crippen molar-refractivity contribution in [3.8, 4) is 0 Å². The lowest BCUT2D eigenvalue weighted by Crippen LogP contribution is -2.00. The number of nitrogens with zero attached hydrogens (tertiary/aromatic N) is 3. The fraction of sp³-hybridized carbons (Fsp3) is 0.182. The minimum Gasteiger partial charge on any atom is -0.303 e. The molecule has 0 amide bonds. The molecule has 1 aromatic carbocycles. The van der Waals surface area contributed by atoms with Crippen molar-refractivity contribution in [2.45, 2.75) is 0 Å². The van der Waals surface area contributed by atoms with Crippen LogP contribution in [0.15, 0.2) is 35.4 Å². The zero-order valence-corrected chi connectivity index (χ0v) is 9.20. The van der Waals surface area contributed by atoms with Gasteiger partial charge < -0.3 is 5.01 Å². The number of nitro groups is 1. The summed E-state index contributed by atoms with van der Waals surface area (Å²) in [6.07, 6.45) is 4.91. The molecule has 0 fully saturated rings. The first-order valence-corrected chi connectivity index (χ1v) is 4.72. The Kier molecular flexibility index (Phi) is 4.20. The van der Waals surface area contributed by atoms with Crippen molar-refractivity contribution in [1.82, 2.24) is 5.01 Å². The van der Waals surface area contributed by atoms with E-state index in [0.717, 1.165) is 0 Å². The molecule has 1 aromatic rings. The largest absolute Gasteiger partial charge is 0.303 e. The van der Waals surface area contributed by atoms with Gasteiger partial charge in [-0.1, -0.05) is 12.1 Å². The Bertz CT molecular complexity index is 425. The van der Waals surface area contributed by atoms with Crippen LogP contribution < -0.4 is 0 Å². The molecule has 0 saturated heterocycles. The number of hydrogen-bond acceptors (Lipinski definition) is 4. The van der Waals surface area contributed by atoms with Crippen LogP contribution in [0.5, 0.6) is 0 Å². The van der Waals surface area contributed by atoms with Crippen molar-refractivity contribution < 1.29 is 4.92 Å². The number of rotatable bonds is 4. The third kappa shape index (κ3) is 3.53. The predicted octanol–water partition coefficient (Wildman–Crippen LogP) is 2.16. The average molecular weight is 219 g/mol. The van der Waals surface area contributed by atoms with Crippen LogP contribution in [0.4, 0.5) is 5.69 Å². The number of hydrogen-bond donors (Lipinski definition) is 0. The van der Waals surface area contributed by atoms with Crippen molar-refractivity contribution in [3.63, 3.8) is 0 Å². The van der Waals surface area contributed by atoms with Gasteiger partial charge in [0, 0.05) is 26.4 Å². The topological polar surface area (TPSA) is 58.7 Å². The Labute approximate surface area is 93.8 Å². The number of nitro benzene ring substituents is 1. The van der Waals surface area contributed by atoms with Crippen LogP contribution in [-0.2, 0) is 0 Å². The summed E-state index contributed by atoms with van der Waals surface area (Å²) < 4.78 is 0. The molecule has 5 nitrogen and oxygen atoms in total. The lowest BCUT2D eigenvalue weighted by molar-refractivity contribution is -0.385. The van der Waals surface area contributed by atoms with E-state index in [1.54, 1.807) is 55.7 Å². The van der Waals surface area contributed by atoms with Crippen LogP contribution >= 0.6 is 0 Å². The first-order chi connectivity index (χ1) is 7.61. The van der Waals surface area contributed by atoms with Crippen LogP contribution in [0.3, 0.4) is 0 Å². The molecule has 0 heterocycles. The molecule has 0 bridgehead atoms. The lowest BCUT2D eigenvalue weighted by atomic mass is 10.2. The molecule has 16 heavy (non-hydrogen) atoms. The fourth-order valence-electron chi connectivity index (χ4n) is 1.11. The highest BCUT2D eigenvalue weighted by Gasteiger charge is 2.08. The summed E-state index contributed by atoms with van der Waals surface area (Å²) in [4.78, 5) is 10.3. The van der Waals surface area contributed by atoms with Crippen molar-refractivity contribution in [2.24, 2.45) is 5.10 Å². The molecule has 0 N–H and O–H groups in total. The molecule has 5 heteroatoms. The van der Waals surface area contributed by atoms with Crippen LogP contribution in [-0.4, -0.2) is 30.2 Å². The van der Waals surface area contributed by atoms with Gasteiger partial charge in [-0.05, 0) is 18.2 Å². The van der Waals surface area contributed by atoms with Gasteiger partial charge in [-0.25, -0.2) is 0 Å². The normalized spacial score (nSPS) is 11.1. The van der Waals surface area contributed by atoms with Gasteiger partial charge in [0.25, 0.3) is 5.69 Å². The van der Waals surface area contributed by atoms with Gasteiger partial charge in [-0.2, -0.15) is 5.10 Å². The van der Waals surface area contributed by atoms with Gasteiger partial charge in [-0.3, -0.25) is 10.1 Å². The summed E-state index contributed by atoms with van der Waals surface area (Å²) in [6.45, 7) is 0. The number of benzene rings is 1. The first-order valence-electron chi connectivity index (χ1n) is 4.72. The van der Waals surface area contributed by atoms with Gasteiger partial charge in [-0.15, -0.1) is 0 Å². The maximum atomic E-state index is 10.7. The minimum atomic E-state index is -0.400. The zero-order chi connectivity index (χ0) is 12.0. The van der Waals surface area contributed by atoms with Gasteiger partial charge in [0.05, 0.1) is 10.5 Å². The van der Waals surface area contributed by atoms with E-state index in [9.17, 15) is 10.1 Å². The molecule has 84 valence electrons. The quantitative estimate of drug-likeness (QED) is 0.443.